The summed E-state index contributed by atoms with van der Waals surface area (Å²) in [4.78, 5) is 0. The minimum atomic E-state index is -0.695. The SMILES string of the molecule is c1ccc(NCC(Nc2ccccc2)(Nc2ccccc2)Nc2ccccc2)cc1. The Balaban J connectivity index is 1.69. The highest BCUT2D eigenvalue weighted by Gasteiger charge is 2.30. The van der Waals surface area contributed by atoms with Crippen molar-refractivity contribution in [2.45, 2.75) is 5.79 Å². The number of para-hydroxylation sites is 4. The first-order chi connectivity index (χ1) is 14.8. The van der Waals surface area contributed by atoms with E-state index < -0.39 is 5.79 Å². The lowest BCUT2D eigenvalue weighted by molar-refractivity contribution is 0.633. The lowest BCUT2D eigenvalue weighted by Gasteiger charge is -2.39. The summed E-state index contributed by atoms with van der Waals surface area (Å²) in [6, 6.07) is 40.9. The maximum absolute atomic E-state index is 3.68. The molecule has 0 amide bonds. The maximum Gasteiger partial charge on any atom is 0.203 e. The lowest BCUT2D eigenvalue weighted by atomic mass is 10.2. The molecule has 0 unspecified atom stereocenters. The number of hydrogen-bond donors (Lipinski definition) is 4. The average molecular weight is 395 g/mol. The molecule has 0 aromatic heterocycles. The molecule has 30 heavy (non-hydrogen) atoms. The predicted molar refractivity (Wildman–Crippen MR) is 128 cm³/mol. The third kappa shape index (κ3) is 5.32. The standard InChI is InChI=1S/C26H26N4/c1-5-13-22(14-6-1)27-21-26(28-23-15-7-2-8-16-23,29-24-17-9-3-10-18-24)30-25-19-11-4-12-20-25/h1-20,27-30H,21H2. The van der Waals surface area contributed by atoms with E-state index in [2.05, 4.69) is 69.8 Å². The summed E-state index contributed by atoms with van der Waals surface area (Å²) in [5.41, 5.74) is 4.10. The van der Waals surface area contributed by atoms with E-state index in [0.29, 0.717) is 6.54 Å². The fourth-order valence-corrected chi connectivity index (χ4v) is 3.32. The molecule has 0 fully saturated rings. The zero-order valence-electron chi connectivity index (χ0n) is 16.8. The first-order valence-electron chi connectivity index (χ1n) is 10.1. The molecule has 0 heterocycles. The van der Waals surface area contributed by atoms with Gasteiger partial charge in [-0.15, -0.1) is 0 Å². The molecule has 4 aromatic rings. The van der Waals surface area contributed by atoms with Crippen LogP contribution in [0.2, 0.25) is 0 Å². The summed E-state index contributed by atoms with van der Waals surface area (Å²) in [6.45, 7) is 0.579. The van der Waals surface area contributed by atoms with Gasteiger partial charge in [-0.1, -0.05) is 72.8 Å². The van der Waals surface area contributed by atoms with Gasteiger partial charge in [-0.25, -0.2) is 0 Å². The van der Waals surface area contributed by atoms with Crippen LogP contribution in [-0.4, -0.2) is 12.3 Å². The van der Waals surface area contributed by atoms with E-state index in [4.69, 9.17) is 0 Å². The molecule has 0 bridgehead atoms. The van der Waals surface area contributed by atoms with Gasteiger partial charge in [0.15, 0.2) is 0 Å². The molecule has 4 nitrogen and oxygen atoms in total. The Morgan fingerprint density at radius 1 is 0.400 bits per heavy atom. The van der Waals surface area contributed by atoms with Gasteiger partial charge < -0.3 is 21.3 Å². The highest BCUT2D eigenvalue weighted by Crippen LogP contribution is 2.23. The molecule has 0 saturated carbocycles. The van der Waals surface area contributed by atoms with E-state index >= 15 is 0 Å². The van der Waals surface area contributed by atoms with Crippen LogP contribution in [0.5, 0.6) is 0 Å². The van der Waals surface area contributed by atoms with E-state index in [0.717, 1.165) is 22.7 Å². The molecule has 0 aliphatic rings. The van der Waals surface area contributed by atoms with Gasteiger partial charge >= 0.3 is 0 Å². The van der Waals surface area contributed by atoms with Crippen molar-refractivity contribution in [2.24, 2.45) is 0 Å². The van der Waals surface area contributed by atoms with E-state index in [1.807, 2.05) is 72.8 Å². The van der Waals surface area contributed by atoms with Gasteiger partial charge in [-0.2, -0.15) is 0 Å². The van der Waals surface area contributed by atoms with Crippen LogP contribution in [-0.2, 0) is 0 Å². The van der Waals surface area contributed by atoms with Gasteiger partial charge in [0.25, 0.3) is 0 Å². The number of benzene rings is 4. The fourth-order valence-electron chi connectivity index (χ4n) is 3.32. The molecular formula is C26H26N4. The number of hydrogen-bond acceptors (Lipinski definition) is 4. The van der Waals surface area contributed by atoms with Gasteiger partial charge in [-0.05, 0) is 48.5 Å². The fraction of sp³-hybridized carbons (Fsp3) is 0.0769. The molecule has 0 saturated heterocycles. The normalized spacial score (nSPS) is 10.8. The van der Waals surface area contributed by atoms with Crippen molar-refractivity contribution in [2.75, 3.05) is 27.8 Å². The summed E-state index contributed by atoms with van der Waals surface area (Å²) < 4.78 is 0. The Labute approximate surface area is 178 Å². The Morgan fingerprint density at radius 3 is 1.03 bits per heavy atom. The first-order valence-corrected chi connectivity index (χ1v) is 10.1. The first kappa shape index (κ1) is 19.4. The minimum absolute atomic E-state index is 0.579. The van der Waals surface area contributed by atoms with Crippen molar-refractivity contribution in [3.05, 3.63) is 121 Å². The largest absolute Gasteiger partial charge is 0.379 e. The third-order valence-corrected chi connectivity index (χ3v) is 4.73. The van der Waals surface area contributed by atoms with Crippen molar-refractivity contribution in [3.8, 4) is 0 Å². The molecule has 150 valence electrons. The minimum Gasteiger partial charge on any atom is -0.379 e. The second-order valence-corrected chi connectivity index (χ2v) is 7.10. The van der Waals surface area contributed by atoms with Gasteiger partial charge in [-0.3, -0.25) is 0 Å². The van der Waals surface area contributed by atoms with Gasteiger partial charge in [0, 0.05) is 22.7 Å². The van der Waals surface area contributed by atoms with Gasteiger partial charge in [0.2, 0.25) is 5.79 Å². The van der Waals surface area contributed by atoms with Crippen LogP contribution in [0.25, 0.3) is 0 Å². The molecular weight excluding hydrogens is 368 g/mol. The van der Waals surface area contributed by atoms with Crippen molar-refractivity contribution in [3.63, 3.8) is 0 Å². The smallest absolute Gasteiger partial charge is 0.203 e. The second-order valence-electron chi connectivity index (χ2n) is 7.10. The molecule has 4 aromatic carbocycles. The highest BCUT2D eigenvalue weighted by atomic mass is 15.4. The van der Waals surface area contributed by atoms with Gasteiger partial charge in [0.05, 0.1) is 6.54 Å². The molecule has 0 aliphatic heterocycles. The molecule has 4 N–H and O–H groups in total. The zero-order chi connectivity index (χ0) is 20.5. The summed E-state index contributed by atoms with van der Waals surface area (Å²) in [5, 5.41) is 14.6. The zero-order valence-corrected chi connectivity index (χ0v) is 16.8. The maximum atomic E-state index is 3.68. The topological polar surface area (TPSA) is 48.1 Å². The van der Waals surface area contributed by atoms with Crippen LogP contribution >= 0.6 is 0 Å². The highest BCUT2D eigenvalue weighted by molar-refractivity contribution is 5.59. The van der Waals surface area contributed by atoms with Crippen molar-refractivity contribution in [1.29, 1.82) is 0 Å². The van der Waals surface area contributed by atoms with E-state index in [9.17, 15) is 0 Å². The summed E-state index contributed by atoms with van der Waals surface area (Å²) >= 11 is 0. The molecule has 4 heteroatoms. The van der Waals surface area contributed by atoms with Crippen LogP contribution < -0.4 is 21.3 Å². The van der Waals surface area contributed by atoms with Crippen LogP contribution in [0.15, 0.2) is 121 Å². The summed E-state index contributed by atoms with van der Waals surface area (Å²) in [6.07, 6.45) is 0. The van der Waals surface area contributed by atoms with Crippen molar-refractivity contribution < 1.29 is 0 Å². The predicted octanol–water partition coefficient (Wildman–Crippen LogP) is 6.09. The summed E-state index contributed by atoms with van der Waals surface area (Å²) in [5.74, 6) is -0.695. The third-order valence-electron chi connectivity index (χ3n) is 4.73. The molecule has 0 aliphatic carbocycles. The van der Waals surface area contributed by atoms with E-state index in [1.54, 1.807) is 0 Å². The average Bonchev–Trinajstić information content (AvgIpc) is 2.80. The van der Waals surface area contributed by atoms with Gasteiger partial charge in [0.1, 0.15) is 0 Å². The number of nitrogens with one attached hydrogen (secondary N) is 4. The Kier molecular flexibility index (Phi) is 6.16. The quantitative estimate of drug-likeness (QED) is 0.260. The second kappa shape index (κ2) is 9.52. The van der Waals surface area contributed by atoms with E-state index in [1.165, 1.54) is 0 Å². The molecule has 4 rings (SSSR count). The Hall–Kier alpha value is -3.92. The lowest BCUT2D eigenvalue weighted by Crippen LogP contribution is -2.58. The number of rotatable bonds is 9. The summed E-state index contributed by atoms with van der Waals surface area (Å²) in [7, 11) is 0. The van der Waals surface area contributed by atoms with E-state index in [-0.39, 0.29) is 0 Å². The number of anilines is 4. The molecule has 0 spiro atoms. The van der Waals surface area contributed by atoms with Crippen molar-refractivity contribution in [1.82, 2.24) is 0 Å². The van der Waals surface area contributed by atoms with Crippen molar-refractivity contribution >= 4 is 22.7 Å². The Bertz CT molecular complexity index is 904. The Morgan fingerprint density at radius 2 is 0.700 bits per heavy atom. The van der Waals surface area contributed by atoms with Crippen LogP contribution in [0.3, 0.4) is 0 Å². The molecule has 0 radical (unpaired) electrons. The van der Waals surface area contributed by atoms with Crippen LogP contribution in [0, 0.1) is 0 Å². The van der Waals surface area contributed by atoms with Crippen LogP contribution in [0.4, 0.5) is 22.7 Å². The molecule has 0 atom stereocenters. The monoisotopic (exact) mass is 394 g/mol. The van der Waals surface area contributed by atoms with Crippen LogP contribution in [0.1, 0.15) is 0 Å².